The summed E-state index contributed by atoms with van der Waals surface area (Å²) >= 11 is 0. The summed E-state index contributed by atoms with van der Waals surface area (Å²) in [5.74, 6) is -3.56. The number of para-hydroxylation sites is 4. The maximum Gasteiger partial charge on any atom is 0.250 e. The molecule has 6 amide bonds. The fraction of sp³-hybridized carbons (Fsp3) is 0.276. The van der Waals surface area contributed by atoms with Gasteiger partial charge in [-0.15, -0.1) is 0 Å². The Morgan fingerprint density at radius 3 is 1.19 bits per heavy atom. The monoisotopic (exact) mass is 962 g/mol. The number of anilines is 4. The standard InChI is InChI=1S/2C29H24FN3O3/c2*30-19-14-12-18(13-15-19)25-23-11-6-16-32(23)29(21-9-4-5-10-22(21)31-26(29)35)28(25)17-24(34)33(27(28)36)20-7-2-1-3-8-20/h2*1-5,7-10,12-15,23,25H,6,11,16-17H2,(H,31,35)/t2*23-,25-,28-,29-/m10/s1. The molecule has 2 N–H and O–H groups in total. The highest BCUT2D eigenvalue weighted by molar-refractivity contribution is 6.28. The average Bonchev–Trinajstić information content (AvgIpc) is 4.28. The molecule has 0 aliphatic carbocycles. The first-order valence-electron chi connectivity index (χ1n) is 24.7. The minimum atomic E-state index is -1.38. The molecule has 6 saturated heterocycles. The minimum absolute atomic E-state index is 0.0997. The normalized spacial score (nSPS) is 30.9. The molecule has 12 nitrogen and oxygen atoms in total. The zero-order valence-electron chi connectivity index (χ0n) is 39.0. The summed E-state index contributed by atoms with van der Waals surface area (Å²) in [5, 5.41) is 6.08. The van der Waals surface area contributed by atoms with Gasteiger partial charge in [-0.1, -0.05) is 97.1 Å². The Morgan fingerprint density at radius 1 is 0.444 bits per heavy atom. The van der Waals surface area contributed by atoms with Crippen LogP contribution in [-0.4, -0.2) is 70.4 Å². The lowest BCUT2D eigenvalue weighted by molar-refractivity contribution is -0.143. The molecule has 0 unspecified atom stereocenters. The minimum Gasteiger partial charge on any atom is -0.324 e. The molecule has 14 heteroatoms. The van der Waals surface area contributed by atoms with Crippen molar-refractivity contribution in [3.8, 4) is 0 Å². The van der Waals surface area contributed by atoms with Crippen molar-refractivity contribution in [2.45, 2.75) is 73.5 Å². The zero-order valence-corrected chi connectivity index (χ0v) is 39.0. The third-order valence-electron chi connectivity index (χ3n) is 17.4. The third-order valence-corrected chi connectivity index (χ3v) is 17.4. The number of hydrogen-bond donors (Lipinski definition) is 2. The Labute approximate surface area is 413 Å². The number of imide groups is 2. The highest BCUT2D eigenvalue weighted by Gasteiger charge is 2.82. The smallest absolute Gasteiger partial charge is 0.250 e. The molecule has 8 heterocycles. The molecular weight excluding hydrogens is 915 g/mol. The number of amides is 6. The summed E-state index contributed by atoms with van der Waals surface area (Å²) in [4.78, 5) is 92.3. The van der Waals surface area contributed by atoms with Gasteiger partial charge in [-0.3, -0.25) is 38.6 Å². The van der Waals surface area contributed by atoms with Crippen molar-refractivity contribution >= 4 is 58.2 Å². The fourth-order valence-electron chi connectivity index (χ4n) is 15.2. The first-order chi connectivity index (χ1) is 35.0. The number of nitrogens with one attached hydrogen (secondary N) is 2. The van der Waals surface area contributed by atoms with Crippen LogP contribution in [0.3, 0.4) is 0 Å². The summed E-state index contributed by atoms with van der Waals surface area (Å²) in [6, 6.07) is 44.9. The molecular formula is C58H48F2N6O6. The second kappa shape index (κ2) is 15.9. The molecule has 72 heavy (non-hydrogen) atoms. The van der Waals surface area contributed by atoms with Crippen LogP contribution in [0.15, 0.2) is 158 Å². The van der Waals surface area contributed by atoms with Gasteiger partial charge in [0, 0.05) is 59.3 Å². The van der Waals surface area contributed by atoms with Gasteiger partial charge in [0.2, 0.25) is 23.6 Å². The summed E-state index contributed by atoms with van der Waals surface area (Å²) in [6.07, 6.45) is 3.12. The lowest BCUT2D eigenvalue weighted by Gasteiger charge is -2.43. The van der Waals surface area contributed by atoms with E-state index in [2.05, 4.69) is 20.4 Å². The summed E-state index contributed by atoms with van der Waals surface area (Å²) in [5.41, 5.74) is -0.0511. The second-order valence-corrected chi connectivity index (χ2v) is 20.3. The van der Waals surface area contributed by atoms with E-state index in [1.807, 2.05) is 60.7 Å². The van der Waals surface area contributed by atoms with Gasteiger partial charge in [-0.2, -0.15) is 0 Å². The molecule has 360 valence electrons. The Morgan fingerprint density at radius 2 is 0.806 bits per heavy atom. The van der Waals surface area contributed by atoms with Crippen LogP contribution in [0.4, 0.5) is 31.5 Å². The van der Waals surface area contributed by atoms with E-state index in [0.29, 0.717) is 35.8 Å². The number of rotatable bonds is 4. The second-order valence-electron chi connectivity index (χ2n) is 20.3. The highest BCUT2D eigenvalue weighted by atomic mass is 19.1. The van der Waals surface area contributed by atoms with Gasteiger partial charge >= 0.3 is 0 Å². The molecule has 8 aliphatic heterocycles. The van der Waals surface area contributed by atoms with Crippen molar-refractivity contribution in [3.05, 3.63) is 192 Å². The van der Waals surface area contributed by atoms with Gasteiger partial charge < -0.3 is 10.6 Å². The fourth-order valence-corrected chi connectivity index (χ4v) is 15.2. The van der Waals surface area contributed by atoms with Crippen LogP contribution in [0.5, 0.6) is 0 Å². The van der Waals surface area contributed by atoms with E-state index in [-0.39, 0.29) is 72.0 Å². The Bertz CT molecular complexity index is 3070. The molecule has 6 aromatic rings. The predicted octanol–water partition coefficient (Wildman–Crippen LogP) is 8.37. The molecule has 0 bridgehead atoms. The number of halogens is 2. The lowest BCUT2D eigenvalue weighted by atomic mass is 9.58. The zero-order chi connectivity index (χ0) is 49.3. The number of carbonyl (C=O) groups is 6. The van der Waals surface area contributed by atoms with E-state index in [9.17, 15) is 37.5 Å². The molecule has 6 fully saturated rings. The number of carbonyl (C=O) groups excluding carboxylic acids is 6. The molecule has 8 atom stereocenters. The highest BCUT2D eigenvalue weighted by Crippen LogP contribution is 2.72. The van der Waals surface area contributed by atoms with Gasteiger partial charge in [0.25, 0.3) is 11.8 Å². The van der Waals surface area contributed by atoms with Crippen LogP contribution < -0.4 is 20.4 Å². The summed E-state index contributed by atoms with van der Waals surface area (Å²) in [6.45, 7) is 1.28. The van der Waals surface area contributed by atoms with Crippen molar-refractivity contribution in [1.82, 2.24) is 9.80 Å². The largest absolute Gasteiger partial charge is 0.324 e. The van der Waals surface area contributed by atoms with Crippen LogP contribution in [0.25, 0.3) is 0 Å². The number of hydrogen-bond acceptors (Lipinski definition) is 8. The predicted molar refractivity (Wildman–Crippen MR) is 263 cm³/mol. The SMILES string of the molecule is O=C1C[C@@]2(C(=O)N1c1ccccc1)[C@@H](c1ccc(F)cc1)[C@@H]1CCCN1[C@@]21C(=O)Nc2ccccc21.O=C1C[C@]2(C(=O)N1c1ccccc1)[C@H](c1ccc(F)cc1)[C@H]1CCCN1[C@]21C(=O)Nc2ccccc21. The first kappa shape index (κ1) is 44.3. The number of benzene rings is 6. The van der Waals surface area contributed by atoms with E-state index >= 15 is 0 Å². The van der Waals surface area contributed by atoms with E-state index in [1.54, 1.807) is 72.8 Å². The van der Waals surface area contributed by atoms with Crippen LogP contribution in [0.2, 0.25) is 0 Å². The van der Waals surface area contributed by atoms with Gasteiger partial charge in [0.1, 0.15) is 22.7 Å². The molecule has 4 spiro atoms. The van der Waals surface area contributed by atoms with Crippen molar-refractivity contribution in [3.63, 3.8) is 0 Å². The molecule has 0 aromatic heterocycles. The van der Waals surface area contributed by atoms with Gasteiger partial charge in [0.15, 0.2) is 0 Å². The topological polar surface area (TPSA) is 139 Å². The molecule has 14 rings (SSSR count). The van der Waals surface area contributed by atoms with Gasteiger partial charge in [-0.25, -0.2) is 18.6 Å². The van der Waals surface area contributed by atoms with Crippen molar-refractivity contribution in [2.75, 3.05) is 33.5 Å². The Kier molecular flexibility index (Phi) is 9.78. The van der Waals surface area contributed by atoms with Crippen molar-refractivity contribution in [2.24, 2.45) is 10.8 Å². The quantitative estimate of drug-likeness (QED) is 0.168. The Hall–Kier alpha value is -7.68. The molecule has 0 saturated carbocycles. The Balaban J connectivity index is 0.000000140. The van der Waals surface area contributed by atoms with Crippen LogP contribution in [-0.2, 0) is 39.8 Å². The van der Waals surface area contributed by atoms with Crippen LogP contribution >= 0.6 is 0 Å². The van der Waals surface area contributed by atoms with Gasteiger partial charge in [0.05, 0.1) is 22.2 Å². The van der Waals surface area contributed by atoms with Crippen LogP contribution in [0, 0.1) is 22.5 Å². The number of fused-ring (bicyclic) bond motifs is 10. The maximum atomic E-state index is 14.8. The molecule has 8 aliphatic rings. The lowest BCUT2D eigenvalue weighted by Crippen LogP contribution is -2.59. The van der Waals surface area contributed by atoms with E-state index < -0.39 is 33.7 Å². The van der Waals surface area contributed by atoms with Crippen molar-refractivity contribution < 1.29 is 37.5 Å². The van der Waals surface area contributed by atoms with E-state index in [1.165, 1.54) is 34.1 Å². The van der Waals surface area contributed by atoms with E-state index in [4.69, 9.17) is 0 Å². The summed E-state index contributed by atoms with van der Waals surface area (Å²) in [7, 11) is 0. The maximum absolute atomic E-state index is 14.8. The molecule has 6 aromatic carbocycles. The van der Waals surface area contributed by atoms with E-state index in [0.717, 1.165) is 47.9 Å². The van der Waals surface area contributed by atoms with Crippen molar-refractivity contribution in [1.29, 1.82) is 0 Å². The number of nitrogens with zero attached hydrogens (tertiary/aromatic N) is 4. The van der Waals surface area contributed by atoms with Gasteiger partial charge in [-0.05, 0) is 111 Å². The van der Waals surface area contributed by atoms with Crippen LogP contribution in [0.1, 0.15) is 72.6 Å². The summed E-state index contributed by atoms with van der Waals surface area (Å²) < 4.78 is 28.0. The first-order valence-corrected chi connectivity index (χ1v) is 24.7. The molecule has 0 radical (unpaired) electrons. The average molecular weight is 963 g/mol. The third kappa shape index (κ3) is 5.50.